The third kappa shape index (κ3) is 3.62. The molecule has 0 spiro atoms. The van der Waals surface area contributed by atoms with Gasteiger partial charge in [0.1, 0.15) is 18.2 Å². The van der Waals surface area contributed by atoms with Gasteiger partial charge in [-0.05, 0) is 35.4 Å². The molecule has 0 unspecified atom stereocenters. The number of nitrogens with zero attached hydrogens (tertiary/aromatic N) is 2. The molecule has 0 radical (unpaired) electrons. The second-order valence-corrected chi connectivity index (χ2v) is 6.23. The number of fused-ring (bicyclic) bond motifs is 1. The van der Waals surface area contributed by atoms with Gasteiger partial charge in [0.2, 0.25) is 0 Å². The first-order chi connectivity index (χ1) is 12.3. The van der Waals surface area contributed by atoms with E-state index < -0.39 is 0 Å². The van der Waals surface area contributed by atoms with Gasteiger partial charge >= 0.3 is 0 Å². The summed E-state index contributed by atoms with van der Waals surface area (Å²) in [6.07, 6.45) is 1.93. The van der Waals surface area contributed by atoms with Crippen LogP contribution in [-0.2, 0) is 24.4 Å². The van der Waals surface area contributed by atoms with Crippen LogP contribution in [0.15, 0.2) is 60.8 Å². The Kier molecular flexibility index (Phi) is 4.59. The molecule has 0 saturated heterocycles. The van der Waals surface area contributed by atoms with Crippen LogP contribution in [0.3, 0.4) is 0 Å². The summed E-state index contributed by atoms with van der Waals surface area (Å²) in [5, 5.41) is 3.45. The number of hydrogen-bond donors (Lipinski definition) is 1. The monoisotopic (exact) mass is 337 g/mol. The first kappa shape index (κ1) is 16.0. The molecule has 4 nitrogen and oxygen atoms in total. The standard InChI is InChI=1S/C20H20FN3O/c21-17-8-6-16(7-9-17)19-12-23-20-14-25-18(13-24(19)20)11-22-10-15-4-2-1-3-5-15/h1-9,12,18,22H,10-11,13-14H2/t18-/m0/s1. The molecule has 2 heterocycles. The molecule has 0 aliphatic carbocycles. The molecule has 1 aromatic heterocycles. The van der Waals surface area contributed by atoms with E-state index in [0.717, 1.165) is 36.7 Å². The van der Waals surface area contributed by atoms with Crippen molar-refractivity contribution in [3.05, 3.63) is 78.0 Å². The number of aromatic nitrogens is 2. The lowest BCUT2D eigenvalue weighted by Gasteiger charge is -2.26. The van der Waals surface area contributed by atoms with Crippen molar-refractivity contribution in [2.45, 2.75) is 25.8 Å². The van der Waals surface area contributed by atoms with Gasteiger partial charge in [-0.15, -0.1) is 0 Å². The first-order valence-corrected chi connectivity index (χ1v) is 8.46. The molecule has 2 aromatic carbocycles. The van der Waals surface area contributed by atoms with E-state index >= 15 is 0 Å². The maximum atomic E-state index is 13.2. The van der Waals surface area contributed by atoms with Gasteiger partial charge in [0, 0.05) is 13.1 Å². The Balaban J connectivity index is 1.42. The largest absolute Gasteiger partial charge is 0.367 e. The molecule has 0 bridgehead atoms. The highest BCUT2D eigenvalue weighted by atomic mass is 19.1. The minimum Gasteiger partial charge on any atom is -0.367 e. The van der Waals surface area contributed by atoms with E-state index in [2.05, 4.69) is 27.0 Å². The van der Waals surface area contributed by atoms with Crippen LogP contribution in [0.25, 0.3) is 11.3 Å². The molecule has 0 fully saturated rings. The lowest BCUT2D eigenvalue weighted by molar-refractivity contribution is 0.00326. The van der Waals surface area contributed by atoms with Crippen LogP contribution < -0.4 is 5.32 Å². The third-order valence-corrected chi connectivity index (χ3v) is 4.46. The molecule has 4 rings (SSSR count). The minimum absolute atomic E-state index is 0.0876. The molecule has 0 saturated carbocycles. The Morgan fingerprint density at radius 3 is 2.72 bits per heavy atom. The molecule has 3 aromatic rings. The van der Waals surface area contributed by atoms with E-state index in [1.807, 2.05) is 24.4 Å². The summed E-state index contributed by atoms with van der Waals surface area (Å²) in [4.78, 5) is 4.44. The average Bonchev–Trinajstić information content (AvgIpc) is 3.07. The van der Waals surface area contributed by atoms with Crippen molar-refractivity contribution >= 4 is 0 Å². The molecular formula is C20H20FN3O. The molecule has 0 amide bonds. The number of hydrogen-bond acceptors (Lipinski definition) is 3. The van der Waals surface area contributed by atoms with Gasteiger partial charge in [-0.1, -0.05) is 30.3 Å². The fourth-order valence-electron chi connectivity index (χ4n) is 3.13. The second-order valence-electron chi connectivity index (χ2n) is 6.23. The molecular weight excluding hydrogens is 317 g/mol. The maximum Gasteiger partial charge on any atom is 0.135 e. The highest BCUT2D eigenvalue weighted by Crippen LogP contribution is 2.25. The van der Waals surface area contributed by atoms with E-state index in [0.29, 0.717) is 6.61 Å². The number of ether oxygens (including phenoxy) is 1. The smallest absolute Gasteiger partial charge is 0.135 e. The Morgan fingerprint density at radius 1 is 1.12 bits per heavy atom. The van der Waals surface area contributed by atoms with Crippen molar-refractivity contribution in [2.24, 2.45) is 0 Å². The molecule has 25 heavy (non-hydrogen) atoms. The Morgan fingerprint density at radius 2 is 1.92 bits per heavy atom. The Bertz CT molecular complexity index is 830. The number of benzene rings is 2. The zero-order valence-corrected chi connectivity index (χ0v) is 13.9. The van der Waals surface area contributed by atoms with Crippen molar-refractivity contribution < 1.29 is 9.13 Å². The highest BCUT2D eigenvalue weighted by Gasteiger charge is 2.22. The second kappa shape index (κ2) is 7.17. The predicted molar refractivity (Wildman–Crippen MR) is 94.3 cm³/mol. The minimum atomic E-state index is -0.228. The Hall–Kier alpha value is -2.50. The summed E-state index contributed by atoms with van der Waals surface area (Å²) in [7, 11) is 0. The van der Waals surface area contributed by atoms with E-state index in [1.54, 1.807) is 12.1 Å². The summed E-state index contributed by atoms with van der Waals surface area (Å²) < 4.78 is 21.2. The van der Waals surface area contributed by atoms with Gasteiger partial charge < -0.3 is 14.6 Å². The number of halogens is 1. The van der Waals surface area contributed by atoms with Gasteiger partial charge in [-0.25, -0.2) is 9.37 Å². The topological polar surface area (TPSA) is 39.1 Å². The number of nitrogens with one attached hydrogen (secondary N) is 1. The zero-order valence-electron chi connectivity index (χ0n) is 13.9. The number of imidazole rings is 1. The molecule has 5 heteroatoms. The van der Waals surface area contributed by atoms with E-state index in [-0.39, 0.29) is 11.9 Å². The fraction of sp³-hybridized carbons (Fsp3) is 0.250. The van der Waals surface area contributed by atoms with E-state index in [4.69, 9.17) is 4.74 Å². The van der Waals surface area contributed by atoms with Crippen LogP contribution in [0.4, 0.5) is 4.39 Å². The van der Waals surface area contributed by atoms with Gasteiger partial charge in [0.15, 0.2) is 0 Å². The quantitative estimate of drug-likeness (QED) is 0.776. The summed E-state index contributed by atoms with van der Waals surface area (Å²) in [6.45, 7) is 2.83. The van der Waals surface area contributed by atoms with Crippen LogP contribution in [0, 0.1) is 5.82 Å². The molecule has 1 atom stereocenters. The fourth-order valence-corrected chi connectivity index (χ4v) is 3.13. The normalized spacial score (nSPS) is 16.6. The maximum absolute atomic E-state index is 13.2. The lowest BCUT2D eigenvalue weighted by Crippen LogP contribution is -2.36. The predicted octanol–water partition coefficient (Wildman–Crippen LogP) is 3.38. The summed E-state index contributed by atoms with van der Waals surface area (Å²) in [5.74, 6) is 0.687. The van der Waals surface area contributed by atoms with Gasteiger partial charge in [-0.2, -0.15) is 0 Å². The van der Waals surface area contributed by atoms with Crippen LogP contribution in [0.5, 0.6) is 0 Å². The van der Waals surface area contributed by atoms with E-state index in [9.17, 15) is 4.39 Å². The molecule has 128 valence electrons. The third-order valence-electron chi connectivity index (χ3n) is 4.46. The van der Waals surface area contributed by atoms with Crippen LogP contribution in [-0.4, -0.2) is 22.2 Å². The lowest BCUT2D eigenvalue weighted by atomic mass is 10.1. The van der Waals surface area contributed by atoms with Crippen molar-refractivity contribution in [3.8, 4) is 11.3 Å². The first-order valence-electron chi connectivity index (χ1n) is 8.46. The molecule has 1 aliphatic heterocycles. The summed E-state index contributed by atoms with van der Waals surface area (Å²) in [5.41, 5.74) is 3.23. The Labute approximate surface area is 146 Å². The van der Waals surface area contributed by atoms with Crippen molar-refractivity contribution in [1.29, 1.82) is 0 Å². The average molecular weight is 337 g/mol. The van der Waals surface area contributed by atoms with Crippen LogP contribution in [0.2, 0.25) is 0 Å². The van der Waals surface area contributed by atoms with Crippen molar-refractivity contribution in [3.63, 3.8) is 0 Å². The summed E-state index contributed by atoms with van der Waals surface area (Å²) >= 11 is 0. The van der Waals surface area contributed by atoms with Crippen molar-refractivity contribution in [2.75, 3.05) is 6.54 Å². The van der Waals surface area contributed by atoms with Crippen LogP contribution in [0.1, 0.15) is 11.4 Å². The van der Waals surface area contributed by atoms with Gasteiger partial charge in [0.05, 0.1) is 24.5 Å². The highest BCUT2D eigenvalue weighted by molar-refractivity contribution is 5.59. The van der Waals surface area contributed by atoms with Crippen LogP contribution >= 0.6 is 0 Å². The number of rotatable bonds is 5. The zero-order chi connectivity index (χ0) is 17.1. The van der Waals surface area contributed by atoms with Gasteiger partial charge in [-0.3, -0.25) is 0 Å². The van der Waals surface area contributed by atoms with E-state index in [1.165, 1.54) is 17.7 Å². The summed E-state index contributed by atoms with van der Waals surface area (Å²) in [6, 6.07) is 16.9. The van der Waals surface area contributed by atoms with Crippen molar-refractivity contribution in [1.82, 2.24) is 14.9 Å². The molecule has 1 N–H and O–H groups in total. The van der Waals surface area contributed by atoms with Gasteiger partial charge in [0.25, 0.3) is 0 Å². The molecule has 1 aliphatic rings. The SMILES string of the molecule is Fc1ccc(-c2cnc3n2C[C@H](CNCc2ccccc2)OC3)cc1.